The summed E-state index contributed by atoms with van der Waals surface area (Å²) in [6.45, 7) is 17.9. The maximum absolute atomic E-state index is 13.1. The molecule has 2 fully saturated rings. The van der Waals surface area contributed by atoms with Crippen molar-refractivity contribution in [3.8, 4) is 0 Å². The highest BCUT2D eigenvalue weighted by atomic mass is 35.7. The molecular formula is C41H54ClN5O7S2. The number of imidazole rings is 2. The standard InChI is InChI=1S/C23H29N3O4S.C18H25ClN2O3S/c1-4-23(2,3)22-24-20-13-19(31(28,29)25-10-7-18(14-25)16-27)5-6-21(20)26(22)15-17-8-11-30-12-9-17;1-4-18(2,3)17-20-15-11-14(25(19,22)23)5-6-16(15)21(17)12-13-7-9-24-10-8-13/h5-7,10,13-14,16-17H,4,8-9,11-12,15H2,1-3H3;5-6,11,13H,4,7-10,12H2,1-3H3. The van der Waals surface area contributed by atoms with Crippen molar-refractivity contribution in [2.24, 2.45) is 11.8 Å². The number of aromatic nitrogens is 5. The van der Waals surface area contributed by atoms with Crippen molar-refractivity contribution < 1.29 is 31.1 Å². The van der Waals surface area contributed by atoms with Crippen molar-refractivity contribution in [2.75, 3.05) is 26.4 Å². The Morgan fingerprint density at radius 3 is 1.59 bits per heavy atom. The number of benzene rings is 2. The molecule has 0 saturated carbocycles. The molecule has 0 atom stereocenters. The molecule has 0 radical (unpaired) electrons. The van der Waals surface area contributed by atoms with E-state index in [1.165, 1.54) is 18.5 Å². The van der Waals surface area contributed by atoms with Gasteiger partial charge in [-0.25, -0.2) is 30.8 Å². The Labute approximate surface area is 335 Å². The number of fused-ring (bicyclic) bond motifs is 2. The molecule has 0 amide bonds. The van der Waals surface area contributed by atoms with E-state index in [9.17, 15) is 21.6 Å². The minimum absolute atomic E-state index is 0.0931. The quantitative estimate of drug-likeness (QED) is 0.0901. The summed E-state index contributed by atoms with van der Waals surface area (Å²) in [5.41, 5.74) is 3.36. The van der Waals surface area contributed by atoms with Gasteiger partial charge in [-0.3, -0.25) is 4.79 Å². The molecule has 2 aliphatic rings. The maximum atomic E-state index is 13.1. The minimum atomic E-state index is -3.80. The third kappa shape index (κ3) is 8.94. The number of hydrogen-bond acceptors (Lipinski definition) is 9. The third-order valence-electron chi connectivity index (χ3n) is 11.7. The fraction of sp³-hybridized carbons (Fsp3) is 0.537. The molecular weight excluding hydrogens is 774 g/mol. The topological polar surface area (TPSA) is 144 Å². The highest BCUT2D eigenvalue weighted by Crippen LogP contribution is 2.34. The number of carbonyl (C=O) groups excluding carboxylic acids is 1. The van der Waals surface area contributed by atoms with Crippen LogP contribution in [0.1, 0.15) is 102 Å². The molecule has 0 bridgehead atoms. The van der Waals surface area contributed by atoms with Gasteiger partial charge in [-0.2, -0.15) is 0 Å². The lowest BCUT2D eigenvalue weighted by Gasteiger charge is -2.28. The van der Waals surface area contributed by atoms with Gasteiger partial charge in [0.25, 0.3) is 19.1 Å². The van der Waals surface area contributed by atoms with Crippen LogP contribution in [0.25, 0.3) is 22.1 Å². The van der Waals surface area contributed by atoms with E-state index in [0.717, 1.165) is 105 Å². The number of ether oxygens (including phenoxy) is 2. The summed E-state index contributed by atoms with van der Waals surface area (Å²) in [6.07, 6.45) is 9.33. The Morgan fingerprint density at radius 1 is 0.732 bits per heavy atom. The van der Waals surface area contributed by atoms with Gasteiger partial charge >= 0.3 is 0 Å². The van der Waals surface area contributed by atoms with Crippen LogP contribution in [0.5, 0.6) is 0 Å². The van der Waals surface area contributed by atoms with Crippen LogP contribution in [0.15, 0.2) is 64.6 Å². The highest BCUT2D eigenvalue weighted by molar-refractivity contribution is 8.13. The number of halogens is 1. The van der Waals surface area contributed by atoms with Crippen molar-refractivity contribution in [3.05, 3.63) is 72.1 Å². The molecule has 3 aromatic heterocycles. The van der Waals surface area contributed by atoms with Gasteiger partial charge in [0, 0.05) is 79.0 Å². The monoisotopic (exact) mass is 827 g/mol. The zero-order chi connectivity index (χ0) is 40.5. The summed E-state index contributed by atoms with van der Waals surface area (Å²) < 4.78 is 66.0. The fourth-order valence-corrected chi connectivity index (χ4v) is 9.35. The highest BCUT2D eigenvalue weighted by Gasteiger charge is 2.30. The van der Waals surface area contributed by atoms with E-state index in [0.29, 0.717) is 34.7 Å². The number of aldehydes is 1. The van der Waals surface area contributed by atoms with Gasteiger partial charge in [0.2, 0.25) is 0 Å². The first-order valence-electron chi connectivity index (χ1n) is 19.5. The maximum Gasteiger partial charge on any atom is 0.267 e. The first-order valence-corrected chi connectivity index (χ1v) is 23.2. The molecule has 2 aliphatic heterocycles. The second-order valence-electron chi connectivity index (χ2n) is 16.3. The van der Waals surface area contributed by atoms with Crippen molar-refractivity contribution in [1.29, 1.82) is 0 Å². The van der Waals surface area contributed by atoms with Gasteiger partial charge in [0.15, 0.2) is 6.29 Å². The van der Waals surface area contributed by atoms with Crippen LogP contribution in [0.3, 0.4) is 0 Å². The molecule has 7 rings (SSSR count). The van der Waals surface area contributed by atoms with E-state index >= 15 is 0 Å². The van der Waals surface area contributed by atoms with E-state index in [4.69, 9.17) is 30.1 Å². The average Bonchev–Trinajstić information content (AvgIpc) is 3.92. The van der Waals surface area contributed by atoms with Crippen LogP contribution >= 0.6 is 10.7 Å². The van der Waals surface area contributed by atoms with Crippen LogP contribution in [-0.4, -0.2) is 72.6 Å². The Kier molecular flexibility index (Phi) is 12.6. The Balaban J connectivity index is 0.000000194. The van der Waals surface area contributed by atoms with Crippen molar-refractivity contribution in [1.82, 2.24) is 23.1 Å². The number of carbonyl (C=O) groups is 1. The van der Waals surface area contributed by atoms with E-state index in [1.807, 2.05) is 12.1 Å². The Bertz CT molecular complexity index is 2400. The molecule has 0 unspecified atom stereocenters. The summed E-state index contributed by atoms with van der Waals surface area (Å²) in [7, 11) is -2.06. The predicted octanol–water partition coefficient (Wildman–Crippen LogP) is 8.08. The summed E-state index contributed by atoms with van der Waals surface area (Å²) >= 11 is 0. The predicted molar refractivity (Wildman–Crippen MR) is 219 cm³/mol. The average molecular weight is 828 g/mol. The van der Waals surface area contributed by atoms with E-state index < -0.39 is 19.1 Å². The van der Waals surface area contributed by atoms with Crippen LogP contribution in [0, 0.1) is 11.8 Å². The lowest BCUT2D eigenvalue weighted by molar-refractivity contribution is 0.0609. The normalized spacial score (nSPS) is 16.6. The molecule has 5 heterocycles. The SMILES string of the molecule is CCC(C)(C)c1nc2cc(S(=O)(=O)Cl)ccc2n1CC1CCOCC1.CCC(C)(C)c1nc2cc(S(=O)(=O)n3ccc(C=O)c3)ccc2n1CC1CCOCC1. The lowest BCUT2D eigenvalue weighted by atomic mass is 9.89. The molecule has 0 aliphatic carbocycles. The molecule has 0 N–H and O–H groups in total. The van der Waals surface area contributed by atoms with Crippen LogP contribution in [-0.2, 0) is 52.5 Å². The first kappa shape index (κ1) is 42.1. The minimum Gasteiger partial charge on any atom is -0.381 e. The zero-order valence-corrected chi connectivity index (χ0v) is 35.6. The van der Waals surface area contributed by atoms with Gasteiger partial charge in [0.05, 0.1) is 31.9 Å². The van der Waals surface area contributed by atoms with Crippen molar-refractivity contribution >= 4 is 58.1 Å². The molecule has 56 heavy (non-hydrogen) atoms. The number of hydrogen-bond donors (Lipinski definition) is 0. The number of rotatable bonds is 12. The van der Waals surface area contributed by atoms with Crippen LogP contribution in [0.4, 0.5) is 0 Å². The molecule has 0 spiro atoms. The Morgan fingerprint density at radius 2 is 1.18 bits per heavy atom. The van der Waals surface area contributed by atoms with Crippen molar-refractivity contribution in [2.45, 2.75) is 114 Å². The van der Waals surface area contributed by atoms with Crippen molar-refractivity contribution in [3.63, 3.8) is 0 Å². The number of nitrogens with zero attached hydrogens (tertiary/aromatic N) is 5. The molecule has 2 saturated heterocycles. The lowest BCUT2D eigenvalue weighted by Crippen LogP contribution is -2.26. The van der Waals surface area contributed by atoms with Crippen LogP contribution < -0.4 is 0 Å². The van der Waals surface area contributed by atoms with E-state index in [1.54, 1.807) is 24.3 Å². The molecule has 2 aromatic carbocycles. The first-order chi connectivity index (χ1) is 26.5. The summed E-state index contributed by atoms with van der Waals surface area (Å²) in [5, 5.41) is 0. The molecule has 15 heteroatoms. The van der Waals surface area contributed by atoms with E-state index in [-0.39, 0.29) is 20.6 Å². The van der Waals surface area contributed by atoms with E-state index in [2.05, 4.69) is 50.7 Å². The van der Waals surface area contributed by atoms with Gasteiger partial charge in [-0.15, -0.1) is 0 Å². The van der Waals surface area contributed by atoms with Crippen LogP contribution in [0.2, 0.25) is 0 Å². The zero-order valence-electron chi connectivity index (χ0n) is 33.2. The molecule has 304 valence electrons. The summed E-state index contributed by atoms with van der Waals surface area (Å²) in [6, 6.07) is 11.6. The largest absolute Gasteiger partial charge is 0.381 e. The molecule has 5 aromatic rings. The van der Waals surface area contributed by atoms with Gasteiger partial charge in [0.1, 0.15) is 11.6 Å². The summed E-state index contributed by atoms with van der Waals surface area (Å²) in [5.74, 6) is 3.05. The van der Waals surface area contributed by atoms with Gasteiger partial charge in [-0.1, -0.05) is 41.5 Å². The third-order valence-corrected chi connectivity index (χ3v) is 14.6. The Hall–Kier alpha value is -3.56. The van der Waals surface area contributed by atoms with Gasteiger partial charge in [-0.05, 0) is 92.8 Å². The second-order valence-corrected chi connectivity index (χ2v) is 20.7. The smallest absolute Gasteiger partial charge is 0.267 e. The van der Waals surface area contributed by atoms with Gasteiger partial charge < -0.3 is 18.6 Å². The second kappa shape index (κ2) is 16.7. The molecule has 12 nitrogen and oxygen atoms in total. The fourth-order valence-electron chi connectivity index (χ4n) is 7.36. The summed E-state index contributed by atoms with van der Waals surface area (Å²) in [4.78, 5) is 20.9.